The summed E-state index contributed by atoms with van der Waals surface area (Å²) in [5.74, 6) is -1.13. The predicted octanol–water partition coefficient (Wildman–Crippen LogP) is 2.25. The summed E-state index contributed by atoms with van der Waals surface area (Å²) >= 11 is 1.52. The number of carbonyl (C=O) groups is 1. The molecule has 1 heterocycles. The van der Waals surface area contributed by atoms with E-state index in [1.165, 1.54) is 23.9 Å². The van der Waals surface area contributed by atoms with Crippen molar-refractivity contribution in [1.82, 2.24) is 9.55 Å². The molecular formula is C20H24FN3O5S. The highest BCUT2D eigenvalue weighted by molar-refractivity contribution is 7.98. The number of aromatic nitrogens is 2. The number of halogens is 1. The lowest BCUT2D eigenvalue weighted by molar-refractivity contribution is -0.156. The fourth-order valence-corrected chi connectivity index (χ4v) is 2.96. The fraction of sp³-hybridized carbons (Fsp3) is 0.400. The van der Waals surface area contributed by atoms with Crippen molar-refractivity contribution in [1.29, 1.82) is 0 Å². The molecule has 162 valence electrons. The van der Waals surface area contributed by atoms with E-state index in [1.54, 1.807) is 20.8 Å². The zero-order valence-electron chi connectivity index (χ0n) is 17.1. The molecule has 1 aromatic heterocycles. The van der Waals surface area contributed by atoms with E-state index in [0.717, 1.165) is 22.9 Å². The number of ether oxygens (including phenoxy) is 1. The molecule has 2 aromatic rings. The van der Waals surface area contributed by atoms with Crippen LogP contribution in [0.15, 0.2) is 38.8 Å². The van der Waals surface area contributed by atoms with Gasteiger partial charge >= 0.3 is 11.7 Å². The van der Waals surface area contributed by atoms with Crippen LogP contribution in [-0.4, -0.2) is 50.5 Å². The molecule has 0 aliphatic rings. The Morgan fingerprint density at radius 3 is 2.53 bits per heavy atom. The van der Waals surface area contributed by atoms with Gasteiger partial charge in [0.15, 0.2) is 0 Å². The molecule has 0 spiro atoms. The first-order valence-corrected chi connectivity index (χ1v) is 10.5. The molecule has 30 heavy (non-hydrogen) atoms. The van der Waals surface area contributed by atoms with E-state index < -0.39 is 40.6 Å². The van der Waals surface area contributed by atoms with Crippen molar-refractivity contribution in [3.8, 4) is 11.6 Å². The lowest BCUT2D eigenvalue weighted by atomic mass is 10.1. The van der Waals surface area contributed by atoms with Crippen LogP contribution in [0.25, 0.3) is 5.69 Å². The summed E-state index contributed by atoms with van der Waals surface area (Å²) in [6.07, 6.45) is 3.29. The maximum absolute atomic E-state index is 13.2. The Morgan fingerprint density at radius 1 is 1.33 bits per heavy atom. The van der Waals surface area contributed by atoms with Gasteiger partial charge in [-0.2, -0.15) is 11.8 Å². The average molecular weight is 437 g/mol. The van der Waals surface area contributed by atoms with E-state index >= 15 is 0 Å². The number of hydrogen-bond donors (Lipinski definition) is 2. The van der Waals surface area contributed by atoms with Crippen molar-refractivity contribution in [3.05, 3.63) is 56.5 Å². The van der Waals surface area contributed by atoms with Crippen molar-refractivity contribution in [3.63, 3.8) is 0 Å². The van der Waals surface area contributed by atoms with Crippen LogP contribution in [0.3, 0.4) is 0 Å². The largest absolute Gasteiger partial charge is 0.493 e. The highest BCUT2D eigenvalue weighted by Crippen LogP contribution is 2.17. The SMILES string of the molecule is CSCC[C@@H](N=Cc1c(O)n(-c2ccc(F)cc2)c(=O)[nH]c1=O)C(=O)OC(C)(C)C. The van der Waals surface area contributed by atoms with Gasteiger partial charge < -0.3 is 9.84 Å². The van der Waals surface area contributed by atoms with Crippen LogP contribution in [0.2, 0.25) is 0 Å². The molecule has 0 fully saturated rings. The van der Waals surface area contributed by atoms with Crippen molar-refractivity contribution in [2.24, 2.45) is 4.99 Å². The fourth-order valence-electron chi connectivity index (χ4n) is 2.50. The van der Waals surface area contributed by atoms with Crippen LogP contribution < -0.4 is 11.2 Å². The molecule has 0 amide bonds. The van der Waals surface area contributed by atoms with E-state index in [2.05, 4.69) is 9.98 Å². The van der Waals surface area contributed by atoms with Gasteiger partial charge in [-0.1, -0.05) is 0 Å². The average Bonchev–Trinajstić information content (AvgIpc) is 2.63. The Labute approximate surface area is 176 Å². The lowest BCUT2D eigenvalue weighted by Crippen LogP contribution is -2.33. The minimum absolute atomic E-state index is 0.149. The second kappa shape index (κ2) is 9.75. The van der Waals surface area contributed by atoms with Gasteiger partial charge in [-0.15, -0.1) is 0 Å². The Hall–Kier alpha value is -2.88. The molecule has 0 saturated heterocycles. The van der Waals surface area contributed by atoms with E-state index in [4.69, 9.17) is 4.74 Å². The first-order valence-electron chi connectivity index (χ1n) is 9.12. The molecule has 0 saturated carbocycles. The van der Waals surface area contributed by atoms with Gasteiger partial charge in [-0.3, -0.25) is 14.8 Å². The first kappa shape index (κ1) is 23.4. The Kier molecular flexibility index (Phi) is 7.60. The number of rotatable bonds is 7. The number of nitrogens with one attached hydrogen (secondary N) is 1. The quantitative estimate of drug-likeness (QED) is 0.507. The monoisotopic (exact) mass is 437 g/mol. The van der Waals surface area contributed by atoms with Crippen molar-refractivity contribution in [2.45, 2.75) is 38.8 Å². The minimum Gasteiger partial charge on any atom is -0.493 e. The summed E-state index contributed by atoms with van der Waals surface area (Å²) < 4.78 is 19.4. The minimum atomic E-state index is -0.896. The second-order valence-electron chi connectivity index (χ2n) is 7.42. The molecule has 0 radical (unpaired) electrons. The van der Waals surface area contributed by atoms with Gasteiger partial charge in [0.05, 0.1) is 5.69 Å². The number of aliphatic imine (C=N–C) groups is 1. The van der Waals surface area contributed by atoms with Gasteiger partial charge in [-0.05, 0) is 63.5 Å². The maximum atomic E-state index is 13.2. The zero-order valence-corrected chi connectivity index (χ0v) is 18.0. The van der Waals surface area contributed by atoms with E-state index in [9.17, 15) is 23.9 Å². The standard InChI is InChI=1S/C20H24FN3O5S/c1-20(2,3)29-18(27)15(9-10-30-4)22-11-14-16(25)23-19(28)24(17(14)26)13-7-5-12(21)6-8-13/h5-8,11,15,26H,9-10H2,1-4H3,(H,23,25,28)/t15-/m1/s1. The van der Waals surface area contributed by atoms with Crippen LogP contribution in [0.5, 0.6) is 5.88 Å². The zero-order chi connectivity index (χ0) is 22.5. The molecule has 0 bridgehead atoms. The number of aromatic hydroxyl groups is 1. The molecule has 0 aliphatic heterocycles. The van der Waals surface area contributed by atoms with Crippen LogP contribution >= 0.6 is 11.8 Å². The number of carbonyl (C=O) groups excluding carboxylic acids is 1. The molecule has 8 nitrogen and oxygen atoms in total. The van der Waals surface area contributed by atoms with E-state index in [1.807, 2.05) is 6.26 Å². The molecule has 2 rings (SSSR count). The van der Waals surface area contributed by atoms with Gasteiger partial charge in [-0.25, -0.2) is 18.5 Å². The van der Waals surface area contributed by atoms with E-state index in [-0.39, 0.29) is 11.3 Å². The number of H-pyrrole nitrogens is 1. The first-order chi connectivity index (χ1) is 14.0. The maximum Gasteiger partial charge on any atom is 0.335 e. The van der Waals surface area contributed by atoms with Crippen LogP contribution in [0.1, 0.15) is 32.8 Å². The molecule has 2 N–H and O–H groups in total. The molecule has 0 unspecified atom stereocenters. The number of nitrogens with zero attached hydrogens (tertiary/aromatic N) is 2. The summed E-state index contributed by atoms with van der Waals surface area (Å²) in [7, 11) is 0. The highest BCUT2D eigenvalue weighted by Gasteiger charge is 2.24. The lowest BCUT2D eigenvalue weighted by Gasteiger charge is -2.22. The van der Waals surface area contributed by atoms with Crippen molar-refractivity contribution in [2.75, 3.05) is 12.0 Å². The number of aromatic amines is 1. The molecular weight excluding hydrogens is 413 g/mol. The van der Waals surface area contributed by atoms with Gasteiger partial charge in [0, 0.05) is 6.21 Å². The topological polar surface area (TPSA) is 114 Å². The number of esters is 1. The summed E-state index contributed by atoms with van der Waals surface area (Å²) in [6.45, 7) is 5.19. The smallest absolute Gasteiger partial charge is 0.335 e. The van der Waals surface area contributed by atoms with Crippen molar-refractivity contribution < 1.29 is 19.0 Å². The van der Waals surface area contributed by atoms with Gasteiger partial charge in [0.1, 0.15) is 23.0 Å². The van der Waals surface area contributed by atoms with Crippen LogP contribution in [-0.2, 0) is 9.53 Å². The highest BCUT2D eigenvalue weighted by atomic mass is 32.2. The molecule has 10 heteroatoms. The predicted molar refractivity (Wildman–Crippen MR) is 115 cm³/mol. The summed E-state index contributed by atoms with van der Waals surface area (Å²) in [5, 5.41) is 10.5. The van der Waals surface area contributed by atoms with Crippen molar-refractivity contribution >= 4 is 23.9 Å². The third-order valence-electron chi connectivity index (χ3n) is 3.86. The summed E-state index contributed by atoms with van der Waals surface area (Å²) in [4.78, 5) is 43.1. The van der Waals surface area contributed by atoms with Crippen LogP contribution in [0.4, 0.5) is 4.39 Å². The third-order valence-corrected chi connectivity index (χ3v) is 4.51. The third kappa shape index (κ3) is 6.06. The Balaban J connectivity index is 2.46. The Morgan fingerprint density at radius 2 is 1.97 bits per heavy atom. The summed E-state index contributed by atoms with van der Waals surface area (Å²) in [5.41, 5.74) is -2.63. The second-order valence-corrected chi connectivity index (χ2v) is 8.40. The van der Waals surface area contributed by atoms with Gasteiger partial charge in [0.2, 0.25) is 5.88 Å². The number of benzene rings is 1. The van der Waals surface area contributed by atoms with Crippen LogP contribution in [0, 0.1) is 5.82 Å². The Bertz CT molecular complexity index is 1040. The normalized spacial score (nSPS) is 12.8. The number of hydrogen-bond acceptors (Lipinski definition) is 7. The number of thioether (sulfide) groups is 1. The molecule has 0 aliphatic carbocycles. The van der Waals surface area contributed by atoms with E-state index in [0.29, 0.717) is 12.2 Å². The molecule has 1 atom stereocenters. The van der Waals surface area contributed by atoms with Gasteiger partial charge in [0.25, 0.3) is 5.56 Å². The summed E-state index contributed by atoms with van der Waals surface area (Å²) in [6, 6.07) is 3.89. The molecule has 1 aromatic carbocycles.